The lowest BCUT2D eigenvalue weighted by Gasteiger charge is -2.31. The minimum atomic E-state index is -4.35. The summed E-state index contributed by atoms with van der Waals surface area (Å²) in [5, 5.41) is 21.6. The van der Waals surface area contributed by atoms with E-state index in [4.69, 9.17) is 38.5 Å². The number of likely N-dealkylation sites (N-methyl/N-ethyl adjacent to an activating group) is 1. The van der Waals surface area contributed by atoms with Crippen molar-refractivity contribution in [3.8, 4) is 11.5 Å². The van der Waals surface area contributed by atoms with Gasteiger partial charge in [-0.15, -0.1) is 0 Å². The molecule has 6 N–H and O–H groups in total. The smallest absolute Gasteiger partial charge is 0.408 e. The fourth-order valence-electron chi connectivity index (χ4n) is 6.41. The predicted molar refractivity (Wildman–Crippen MR) is 189 cm³/mol. The van der Waals surface area contributed by atoms with Crippen molar-refractivity contribution in [3.05, 3.63) is 73.0 Å². The molecule has 22 heteroatoms. The summed E-state index contributed by atoms with van der Waals surface area (Å²) in [6.07, 6.45) is -4.69. The Labute approximate surface area is 307 Å². The van der Waals surface area contributed by atoms with Crippen molar-refractivity contribution in [2.75, 3.05) is 53.9 Å². The summed E-state index contributed by atoms with van der Waals surface area (Å²) >= 11 is 0. The van der Waals surface area contributed by atoms with E-state index in [1.54, 1.807) is 12.1 Å². The molecule has 6 rings (SSSR count). The van der Waals surface area contributed by atoms with Crippen LogP contribution in [0.15, 0.2) is 45.1 Å². The fraction of sp³-hybridized carbons (Fsp3) is 0.531. The molecule has 21 nitrogen and oxygen atoms in total. The molecule has 0 radical (unpaired) electrons. The number of imidazole rings is 1. The second-order valence-electron chi connectivity index (χ2n) is 12.8. The van der Waals surface area contributed by atoms with Crippen LogP contribution in [0.25, 0.3) is 11.2 Å². The third-order valence-electron chi connectivity index (χ3n) is 9.39. The lowest BCUT2D eigenvalue weighted by Crippen LogP contribution is -2.36. The first-order valence-electron chi connectivity index (χ1n) is 16.8. The van der Waals surface area contributed by atoms with Crippen LogP contribution in [0.4, 0.5) is 5.95 Å². The van der Waals surface area contributed by atoms with E-state index in [2.05, 4.69) is 19.9 Å². The van der Waals surface area contributed by atoms with Crippen LogP contribution in [0.2, 0.25) is 0 Å². The van der Waals surface area contributed by atoms with Crippen molar-refractivity contribution in [1.82, 2.24) is 33.7 Å². The Kier molecular flexibility index (Phi) is 11.7. The molecule has 4 aromatic rings. The number of nitrogen functional groups attached to an aromatic ring is 1. The highest BCUT2D eigenvalue weighted by molar-refractivity contribution is 7.51. The largest absolute Gasteiger partial charge is 0.493 e. The first kappa shape index (κ1) is 39.3. The van der Waals surface area contributed by atoms with Crippen molar-refractivity contribution in [2.24, 2.45) is 0 Å². The second kappa shape index (κ2) is 16.1. The molecule has 54 heavy (non-hydrogen) atoms. The SMILES string of the molecule is COc1ccc(CCN(C)P(=O)(OC[C@H]2O[C@@H](n3cnc4c(=O)[nH]c(N)nc43)[C@H](OC)[C@@H]2O)O[C@H]2C[C@H](n3cc(C)c(=O)[nH]c3=O)O[C@@H]2CO)cc1OC. The molecule has 0 saturated carbocycles. The molecule has 3 aromatic heterocycles. The lowest BCUT2D eigenvalue weighted by molar-refractivity contribution is -0.0614. The van der Waals surface area contributed by atoms with Gasteiger partial charge in [0.05, 0.1) is 33.8 Å². The molecule has 2 aliphatic rings. The van der Waals surface area contributed by atoms with Gasteiger partial charge in [-0.2, -0.15) is 4.98 Å². The van der Waals surface area contributed by atoms with Gasteiger partial charge in [-0.3, -0.25) is 37.7 Å². The highest BCUT2D eigenvalue weighted by atomic mass is 31.2. The Morgan fingerprint density at radius 1 is 1.07 bits per heavy atom. The van der Waals surface area contributed by atoms with Crippen LogP contribution in [0, 0.1) is 6.92 Å². The normalized spacial score (nSPS) is 25.4. The monoisotopic (exact) mass is 778 g/mol. The average Bonchev–Trinajstić information content (AvgIpc) is 3.85. The number of H-pyrrole nitrogens is 2. The van der Waals surface area contributed by atoms with Gasteiger partial charge in [0.2, 0.25) is 5.95 Å². The number of methoxy groups -OCH3 is 3. The Hall–Kier alpha value is -4.44. The van der Waals surface area contributed by atoms with Gasteiger partial charge < -0.3 is 39.6 Å². The molecule has 0 aliphatic carbocycles. The van der Waals surface area contributed by atoms with Gasteiger partial charge in [0.15, 0.2) is 28.9 Å². The highest BCUT2D eigenvalue weighted by Crippen LogP contribution is 2.55. The maximum Gasteiger partial charge on any atom is 0.408 e. The lowest BCUT2D eigenvalue weighted by atomic mass is 10.1. The van der Waals surface area contributed by atoms with E-state index in [1.807, 2.05) is 6.07 Å². The number of anilines is 1. The number of aliphatic hydroxyl groups excluding tert-OH is 2. The zero-order valence-electron chi connectivity index (χ0n) is 30.1. The van der Waals surface area contributed by atoms with E-state index in [9.17, 15) is 29.2 Å². The molecule has 1 aromatic carbocycles. The number of aromatic nitrogens is 6. The number of aryl methyl sites for hydroxylation is 1. The van der Waals surface area contributed by atoms with E-state index < -0.39 is 80.7 Å². The number of nitrogens with zero attached hydrogens (tertiary/aromatic N) is 5. The minimum absolute atomic E-state index is 0.0133. The summed E-state index contributed by atoms with van der Waals surface area (Å²) < 4.78 is 59.5. The Morgan fingerprint density at radius 2 is 1.83 bits per heavy atom. The van der Waals surface area contributed by atoms with Crippen LogP contribution < -0.4 is 32.0 Å². The number of fused-ring (bicyclic) bond motifs is 1. The van der Waals surface area contributed by atoms with Crippen LogP contribution >= 0.6 is 7.75 Å². The molecular weight excluding hydrogens is 735 g/mol. The van der Waals surface area contributed by atoms with Gasteiger partial charge in [0, 0.05) is 31.8 Å². The van der Waals surface area contributed by atoms with Gasteiger partial charge in [0.25, 0.3) is 11.1 Å². The molecule has 294 valence electrons. The second-order valence-corrected chi connectivity index (χ2v) is 14.9. The van der Waals surface area contributed by atoms with E-state index in [1.165, 1.54) is 61.6 Å². The van der Waals surface area contributed by atoms with Crippen molar-refractivity contribution >= 4 is 24.9 Å². The van der Waals surface area contributed by atoms with Gasteiger partial charge in [-0.05, 0) is 38.1 Å². The zero-order valence-corrected chi connectivity index (χ0v) is 31.0. The van der Waals surface area contributed by atoms with Crippen LogP contribution in [0.3, 0.4) is 0 Å². The molecule has 8 atom stereocenters. The molecule has 0 amide bonds. The maximum atomic E-state index is 14.9. The summed E-state index contributed by atoms with van der Waals surface area (Å²) in [6, 6.07) is 5.35. The van der Waals surface area contributed by atoms with Crippen molar-refractivity contribution in [3.63, 3.8) is 0 Å². The van der Waals surface area contributed by atoms with Crippen LogP contribution in [0.5, 0.6) is 11.5 Å². The van der Waals surface area contributed by atoms with Gasteiger partial charge in [-0.1, -0.05) is 6.07 Å². The Bertz CT molecular complexity index is 2190. The third kappa shape index (κ3) is 7.72. The molecule has 2 fully saturated rings. The zero-order chi connectivity index (χ0) is 38.9. The minimum Gasteiger partial charge on any atom is -0.493 e. The third-order valence-corrected chi connectivity index (χ3v) is 11.4. The van der Waals surface area contributed by atoms with E-state index in [0.29, 0.717) is 17.9 Å². The molecule has 2 aliphatic heterocycles. The number of nitrogens with two attached hydrogens (primary N) is 1. The molecule has 5 heterocycles. The molecule has 1 unspecified atom stereocenters. The predicted octanol–water partition coefficient (Wildman–Crippen LogP) is -0.185. The number of hydrogen-bond donors (Lipinski definition) is 5. The van der Waals surface area contributed by atoms with E-state index in [0.717, 1.165) is 5.56 Å². The summed E-state index contributed by atoms with van der Waals surface area (Å²) in [5.41, 5.74) is 5.05. The van der Waals surface area contributed by atoms with Gasteiger partial charge >= 0.3 is 13.4 Å². The number of aliphatic hydroxyl groups is 2. The quantitative estimate of drug-likeness (QED) is 0.0979. The fourth-order valence-corrected chi connectivity index (χ4v) is 8.07. The number of ether oxygens (including phenoxy) is 5. The van der Waals surface area contributed by atoms with E-state index in [-0.39, 0.29) is 35.6 Å². The number of benzene rings is 1. The molecule has 2 saturated heterocycles. The highest BCUT2D eigenvalue weighted by Gasteiger charge is 2.49. The maximum absolute atomic E-state index is 14.9. The summed E-state index contributed by atoms with van der Waals surface area (Å²) in [7, 11) is 1.57. The van der Waals surface area contributed by atoms with Gasteiger partial charge in [-0.25, -0.2) is 19.0 Å². The molecule has 0 spiro atoms. The number of aromatic amines is 2. The average molecular weight is 779 g/mol. The first-order chi connectivity index (χ1) is 25.8. The molecule has 0 bridgehead atoms. The van der Waals surface area contributed by atoms with Crippen LogP contribution in [-0.2, 0) is 34.2 Å². The van der Waals surface area contributed by atoms with Gasteiger partial charge in [0.1, 0.15) is 36.7 Å². The summed E-state index contributed by atoms with van der Waals surface area (Å²) in [5.74, 6) is 0.881. The Balaban J connectivity index is 1.25. The van der Waals surface area contributed by atoms with E-state index >= 15 is 0 Å². The standard InChI is InChI=1S/C32H43N8O13P/c1-16-12-39(32(45)37-28(16)43)23-11-20(21(13-41)51-23)53-54(46,38(2)9-8-17-6-7-18(47-3)19(10-17)48-4)50-14-22-25(42)26(49-5)30(52-22)40-15-34-24-27(40)35-31(33)36-29(24)44/h6-7,10,12,15,20-23,25-26,30,41-42H,8-9,11,13-14H2,1-5H3,(H,37,43,45)(H3,33,35,36,44)/t20-,21+,22+,23+,25+,26+,30+,54?/m0/s1. The topological polar surface area (TPSA) is 270 Å². The number of nitrogens with one attached hydrogen (secondary N) is 2. The van der Waals surface area contributed by atoms with Crippen molar-refractivity contribution < 1.29 is 47.5 Å². The number of hydrogen-bond acceptors (Lipinski definition) is 16. The Morgan fingerprint density at radius 3 is 2.54 bits per heavy atom. The van der Waals surface area contributed by atoms with Crippen LogP contribution in [-0.4, -0.2) is 123 Å². The van der Waals surface area contributed by atoms with Crippen molar-refractivity contribution in [2.45, 2.75) is 62.7 Å². The summed E-state index contributed by atoms with van der Waals surface area (Å²) in [4.78, 5) is 49.9. The first-order valence-corrected chi connectivity index (χ1v) is 18.3. The van der Waals surface area contributed by atoms with Crippen molar-refractivity contribution in [1.29, 1.82) is 0 Å². The number of rotatable bonds is 15. The summed E-state index contributed by atoms with van der Waals surface area (Å²) in [6.45, 7) is 0.620. The van der Waals surface area contributed by atoms with Crippen LogP contribution in [0.1, 0.15) is 30.0 Å². The molecular formula is C32H43N8O13P.